The van der Waals surface area contributed by atoms with Gasteiger partial charge in [-0.25, -0.2) is 0 Å². The van der Waals surface area contributed by atoms with Crippen LogP contribution in [-0.4, -0.2) is 28.6 Å². The predicted molar refractivity (Wildman–Crippen MR) is 136 cm³/mol. The molecule has 0 saturated carbocycles. The number of hydrogen-bond acceptors (Lipinski definition) is 2. The molecule has 5 rings (SSSR count). The average molecular weight is 502 g/mol. The van der Waals surface area contributed by atoms with Crippen LogP contribution in [0.3, 0.4) is 0 Å². The van der Waals surface area contributed by atoms with Crippen molar-refractivity contribution in [3.8, 4) is 0 Å². The van der Waals surface area contributed by atoms with Crippen LogP contribution < -0.4 is 4.90 Å². The Hall–Kier alpha value is -2.44. The highest BCUT2D eigenvalue weighted by Crippen LogP contribution is 2.44. The smallest absolute Gasteiger partial charge is 0.330 e. The van der Waals surface area contributed by atoms with E-state index in [0.29, 0.717) is 36.2 Å². The lowest BCUT2D eigenvalue weighted by Gasteiger charge is -2.34. The molecule has 1 saturated heterocycles. The third-order valence-corrected chi connectivity index (χ3v) is 7.65. The third kappa shape index (κ3) is 4.83. The Morgan fingerprint density at radius 2 is 1.74 bits per heavy atom. The average Bonchev–Trinajstić information content (AvgIpc) is 3.39. The second-order valence-corrected chi connectivity index (χ2v) is 10.3. The first-order valence-electron chi connectivity index (χ1n) is 12.3. The van der Waals surface area contributed by atoms with Crippen molar-refractivity contribution in [3.05, 3.63) is 81.5 Å². The van der Waals surface area contributed by atoms with Crippen molar-refractivity contribution in [1.82, 2.24) is 9.47 Å². The molecule has 0 aliphatic carbocycles. The van der Waals surface area contributed by atoms with Crippen LogP contribution >= 0.6 is 11.6 Å². The summed E-state index contributed by atoms with van der Waals surface area (Å²) in [7, 11) is 0. The molecule has 1 unspecified atom stereocenters. The van der Waals surface area contributed by atoms with Crippen molar-refractivity contribution in [3.63, 3.8) is 0 Å². The fourth-order valence-corrected chi connectivity index (χ4v) is 6.28. The Kier molecular flexibility index (Phi) is 6.62. The van der Waals surface area contributed by atoms with Crippen molar-refractivity contribution in [2.45, 2.75) is 64.8 Å². The molecular formula is C28H31ClF3N3. The van der Waals surface area contributed by atoms with E-state index in [2.05, 4.69) is 17.0 Å². The number of fused-ring (bicyclic) bond motifs is 1. The summed E-state index contributed by atoms with van der Waals surface area (Å²) in [6.45, 7) is 6.30. The van der Waals surface area contributed by atoms with E-state index in [1.165, 1.54) is 11.6 Å². The third-order valence-electron chi connectivity index (χ3n) is 7.37. The number of likely N-dealkylation sites (tertiary alicyclic amines) is 1. The molecule has 1 fully saturated rings. The van der Waals surface area contributed by atoms with Gasteiger partial charge in [0.2, 0.25) is 0 Å². The van der Waals surface area contributed by atoms with E-state index in [4.69, 9.17) is 11.6 Å². The lowest BCUT2D eigenvalue weighted by molar-refractivity contribution is -0.138. The standard InChI is InChI=1S/C28H31ClF3N3/c1-19-14-20(2)27(24(29)15-19)35-13-7-12-34-25(23(17-26(34)35)28(30,31)32)18-33-11-6-10-22(33)16-21-8-4-3-5-9-21/h3-5,8-9,14-15,17,22H,6-7,10-13,16,18H2,1-2H3. The molecule has 186 valence electrons. The number of benzene rings is 2. The summed E-state index contributed by atoms with van der Waals surface area (Å²) in [6.07, 6.45) is -0.764. The quantitative estimate of drug-likeness (QED) is 0.358. The van der Waals surface area contributed by atoms with Crippen molar-refractivity contribution < 1.29 is 13.2 Å². The minimum absolute atomic E-state index is 0.248. The van der Waals surface area contributed by atoms with Crippen LogP contribution in [0.5, 0.6) is 0 Å². The zero-order valence-electron chi connectivity index (χ0n) is 20.2. The van der Waals surface area contributed by atoms with Crippen LogP contribution in [0.15, 0.2) is 48.5 Å². The molecule has 0 N–H and O–H groups in total. The molecule has 7 heteroatoms. The van der Waals surface area contributed by atoms with Gasteiger partial charge in [0.05, 0.1) is 16.3 Å². The number of nitrogens with zero attached hydrogens (tertiary/aromatic N) is 3. The molecular weight excluding hydrogens is 471 g/mol. The fourth-order valence-electron chi connectivity index (χ4n) is 5.85. The van der Waals surface area contributed by atoms with Crippen LogP contribution in [-0.2, 0) is 25.7 Å². The maximum absolute atomic E-state index is 14.3. The summed E-state index contributed by atoms with van der Waals surface area (Å²) in [4.78, 5) is 4.22. The lowest BCUT2D eigenvalue weighted by atomic mass is 10.0. The minimum Gasteiger partial charge on any atom is -0.330 e. The maximum atomic E-state index is 14.3. The van der Waals surface area contributed by atoms with Crippen LogP contribution in [0.4, 0.5) is 24.7 Å². The van der Waals surface area contributed by atoms with Crippen LogP contribution in [0, 0.1) is 13.8 Å². The first-order valence-corrected chi connectivity index (χ1v) is 12.7. The van der Waals surface area contributed by atoms with E-state index in [1.807, 2.05) is 53.6 Å². The molecule has 0 bridgehead atoms. The first-order chi connectivity index (χ1) is 16.7. The van der Waals surface area contributed by atoms with E-state index in [1.54, 1.807) is 0 Å². The molecule has 0 radical (unpaired) electrons. The number of rotatable bonds is 5. The number of aryl methyl sites for hydroxylation is 2. The Balaban J connectivity index is 1.52. The zero-order valence-corrected chi connectivity index (χ0v) is 21.0. The van der Waals surface area contributed by atoms with E-state index in [9.17, 15) is 13.2 Å². The summed E-state index contributed by atoms with van der Waals surface area (Å²) < 4.78 is 44.8. The van der Waals surface area contributed by atoms with Gasteiger partial charge in [0.25, 0.3) is 0 Å². The molecule has 1 aromatic heterocycles. The molecule has 0 spiro atoms. The summed E-state index contributed by atoms with van der Waals surface area (Å²) >= 11 is 6.62. The largest absolute Gasteiger partial charge is 0.418 e. The van der Waals surface area contributed by atoms with Gasteiger partial charge >= 0.3 is 6.18 Å². The Labute approximate surface area is 210 Å². The van der Waals surface area contributed by atoms with E-state index in [-0.39, 0.29) is 6.04 Å². The van der Waals surface area contributed by atoms with Gasteiger partial charge in [0.1, 0.15) is 5.82 Å². The van der Waals surface area contributed by atoms with Gasteiger partial charge in [-0.1, -0.05) is 48.0 Å². The Morgan fingerprint density at radius 1 is 0.971 bits per heavy atom. The summed E-state index contributed by atoms with van der Waals surface area (Å²) in [5.41, 5.74) is 3.90. The van der Waals surface area contributed by atoms with Crippen molar-refractivity contribution in [1.29, 1.82) is 0 Å². The highest BCUT2D eigenvalue weighted by Gasteiger charge is 2.40. The van der Waals surface area contributed by atoms with Gasteiger partial charge < -0.3 is 9.47 Å². The fraction of sp³-hybridized carbons (Fsp3) is 0.429. The highest BCUT2D eigenvalue weighted by molar-refractivity contribution is 6.33. The number of alkyl halides is 3. The topological polar surface area (TPSA) is 11.4 Å². The zero-order chi connectivity index (χ0) is 24.7. The van der Waals surface area contributed by atoms with Gasteiger partial charge in [-0.3, -0.25) is 4.90 Å². The number of halogens is 4. The van der Waals surface area contributed by atoms with E-state index in [0.717, 1.165) is 49.0 Å². The molecule has 0 amide bonds. The first kappa shape index (κ1) is 24.3. The van der Waals surface area contributed by atoms with Crippen molar-refractivity contribution >= 4 is 23.1 Å². The Morgan fingerprint density at radius 3 is 2.46 bits per heavy atom. The summed E-state index contributed by atoms with van der Waals surface area (Å²) in [5.74, 6) is 0.589. The Bertz CT molecular complexity index is 1180. The summed E-state index contributed by atoms with van der Waals surface area (Å²) in [5, 5.41) is 0.578. The molecule has 3 nitrogen and oxygen atoms in total. The predicted octanol–water partition coefficient (Wildman–Crippen LogP) is 7.53. The molecule has 2 aliphatic rings. The second kappa shape index (κ2) is 9.55. The van der Waals surface area contributed by atoms with Gasteiger partial charge in [-0.15, -0.1) is 0 Å². The van der Waals surface area contributed by atoms with Gasteiger partial charge in [0.15, 0.2) is 0 Å². The monoisotopic (exact) mass is 501 g/mol. The highest BCUT2D eigenvalue weighted by atomic mass is 35.5. The molecule has 3 aromatic rings. The number of hydrogen-bond donors (Lipinski definition) is 0. The molecule has 1 atom stereocenters. The molecule has 3 heterocycles. The van der Waals surface area contributed by atoms with Crippen LogP contribution in [0.1, 0.15) is 47.2 Å². The van der Waals surface area contributed by atoms with E-state index < -0.39 is 11.7 Å². The van der Waals surface area contributed by atoms with Crippen LogP contribution in [0.2, 0.25) is 5.02 Å². The van der Waals surface area contributed by atoms with E-state index >= 15 is 0 Å². The summed E-state index contributed by atoms with van der Waals surface area (Å²) in [6, 6.07) is 15.7. The molecule has 2 aliphatic heterocycles. The van der Waals surface area contributed by atoms with Gasteiger partial charge in [-0.2, -0.15) is 13.2 Å². The van der Waals surface area contributed by atoms with Crippen LogP contribution in [0.25, 0.3) is 0 Å². The minimum atomic E-state index is -4.41. The van der Waals surface area contributed by atoms with Crippen molar-refractivity contribution in [2.75, 3.05) is 18.0 Å². The molecule has 35 heavy (non-hydrogen) atoms. The van der Waals surface area contributed by atoms with Gasteiger partial charge in [-0.05, 0) is 74.9 Å². The number of aromatic nitrogens is 1. The SMILES string of the molecule is Cc1cc(C)c(N2CCCn3c2cc(C(F)(F)F)c3CN2CCCC2Cc2ccccc2)c(Cl)c1. The van der Waals surface area contributed by atoms with Gasteiger partial charge in [0, 0.05) is 31.4 Å². The normalized spacial score (nSPS) is 18.8. The maximum Gasteiger partial charge on any atom is 0.418 e. The molecule has 2 aromatic carbocycles. The second-order valence-electron chi connectivity index (χ2n) is 9.89. The lowest BCUT2D eigenvalue weighted by Crippen LogP contribution is -2.34. The number of anilines is 2. The van der Waals surface area contributed by atoms with Crippen molar-refractivity contribution in [2.24, 2.45) is 0 Å².